The predicted molar refractivity (Wildman–Crippen MR) is 87.5 cm³/mol. The normalized spacial score (nSPS) is 10.2. The molecule has 2 amide bonds. The van der Waals surface area contributed by atoms with E-state index in [0.717, 1.165) is 0 Å². The maximum Gasteiger partial charge on any atom is 0.261 e. The number of benzene rings is 1. The Morgan fingerprint density at radius 2 is 2.13 bits per heavy atom. The minimum atomic E-state index is -0.435. The van der Waals surface area contributed by atoms with E-state index in [-0.39, 0.29) is 30.5 Å². The number of hydrogen-bond acceptors (Lipinski definition) is 4. The summed E-state index contributed by atoms with van der Waals surface area (Å²) < 4.78 is 18.5. The first-order chi connectivity index (χ1) is 11.1. The fourth-order valence-electron chi connectivity index (χ4n) is 1.87. The van der Waals surface area contributed by atoms with Gasteiger partial charge in [0.15, 0.2) is 0 Å². The SMILES string of the molecule is CCOc1cc(F)ccc1NC(=O)CCNC(=O)c1cccs1. The highest BCUT2D eigenvalue weighted by Crippen LogP contribution is 2.25. The lowest BCUT2D eigenvalue weighted by molar-refractivity contribution is -0.116. The van der Waals surface area contributed by atoms with Gasteiger partial charge in [-0.25, -0.2) is 4.39 Å². The van der Waals surface area contributed by atoms with Crippen molar-refractivity contribution >= 4 is 28.8 Å². The standard InChI is InChI=1S/C16H17FN2O3S/c1-2-22-13-10-11(17)5-6-12(13)19-15(20)7-8-18-16(21)14-4-3-9-23-14/h3-6,9-10H,2,7-8H2,1H3,(H,18,21)(H,19,20). The van der Waals surface area contributed by atoms with E-state index in [9.17, 15) is 14.0 Å². The van der Waals surface area contributed by atoms with Crippen molar-refractivity contribution in [2.24, 2.45) is 0 Å². The summed E-state index contributed by atoms with van der Waals surface area (Å²) in [6, 6.07) is 7.42. The lowest BCUT2D eigenvalue weighted by Gasteiger charge is -2.11. The lowest BCUT2D eigenvalue weighted by Crippen LogP contribution is -2.27. The van der Waals surface area contributed by atoms with Crippen LogP contribution in [0.2, 0.25) is 0 Å². The van der Waals surface area contributed by atoms with Crippen LogP contribution in [0.5, 0.6) is 5.75 Å². The second kappa shape index (κ2) is 8.28. The molecule has 0 atom stereocenters. The zero-order chi connectivity index (χ0) is 16.7. The van der Waals surface area contributed by atoms with Gasteiger partial charge in [-0.15, -0.1) is 11.3 Å². The van der Waals surface area contributed by atoms with Gasteiger partial charge < -0.3 is 15.4 Å². The molecule has 0 saturated heterocycles. The number of ether oxygens (including phenoxy) is 1. The molecule has 0 aliphatic rings. The lowest BCUT2D eigenvalue weighted by atomic mass is 10.2. The van der Waals surface area contributed by atoms with Crippen LogP contribution in [-0.4, -0.2) is 25.0 Å². The Hall–Kier alpha value is -2.41. The van der Waals surface area contributed by atoms with Crippen molar-refractivity contribution in [2.75, 3.05) is 18.5 Å². The molecule has 0 fully saturated rings. The summed E-state index contributed by atoms with van der Waals surface area (Å²) in [6.07, 6.45) is 0.111. The number of anilines is 1. The molecule has 0 radical (unpaired) electrons. The van der Waals surface area contributed by atoms with Crippen molar-refractivity contribution in [3.8, 4) is 5.75 Å². The summed E-state index contributed by atoms with van der Waals surface area (Å²) in [6.45, 7) is 2.35. The molecule has 0 aliphatic carbocycles. The second-order valence-electron chi connectivity index (χ2n) is 4.60. The topological polar surface area (TPSA) is 67.4 Å². The highest BCUT2D eigenvalue weighted by Gasteiger charge is 2.10. The van der Waals surface area contributed by atoms with E-state index in [1.54, 1.807) is 19.1 Å². The number of carbonyl (C=O) groups is 2. The number of amides is 2. The van der Waals surface area contributed by atoms with Crippen LogP contribution in [0.1, 0.15) is 23.0 Å². The fraction of sp³-hybridized carbons (Fsp3) is 0.250. The maximum atomic E-state index is 13.2. The molecule has 1 aromatic carbocycles. The van der Waals surface area contributed by atoms with Crippen LogP contribution in [0.25, 0.3) is 0 Å². The Morgan fingerprint density at radius 3 is 2.83 bits per heavy atom. The molecule has 2 rings (SSSR count). The van der Waals surface area contributed by atoms with Gasteiger partial charge >= 0.3 is 0 Å². The average molecular weight is 336 g/mol. The first-order valence-electron chi connectivity index (χ1n) is 7.14. The van der Waals surface area contributed by atoms with Crippen LogP contribution < -0.4 is 15.4 Å². The second-order valence-corrected chi connectivity index (χ2v) is 5.55. The molecule has 0 spiro atoms. The van der Waals surface area contributed by atoms with Crippen LogP contribution >= 0.6 is 11.3 Å². The average Bonchev–Trinajstić information content (AvgIpc) is 3.04. The first kappa shape index (κ1) is 17.0. The van der Waals surface area contributed by atoms with Gasteiger partial charge in [-0.3, -0.25) is 9.59 Å². The van der Waals surface area contributed by atoms with Crippen molar-refractivity contribution in [1.82, 2.24) is 5.32 Å². The quantitative estimate of drug-likeness (QED) is 0.817. The number of nitrogens with one attached hydrogen (secondary N) is 2. The third-order valence-electron chi connectivity index (χ3n) is 2.90. The van der Waals surface area contributed by atoms with Gasteiger partial charge in [-0.05, 0) is 30.5 Å². The van der Waals surface area contributed by atoms with E-state index >= 15 is 0 Å². The largest absolute Gasteiger partial charge is 0.492 e. The minimum Gasteiger partial charge on any atom is -0.492 e. The van der Waals surface area contributed by atoms with Crippen LogP contribution in [-0.2, 0) is 4.79 Å². The van der Waals surface area contributed by atoms with Crippen molar-refractivity contribution in [1.29, 1.82) is 0 Å². The summed E-state index contributed by atoms with van der Waals surface area (Å²) in [5.74, 6) is -0.647. The van der Waals surface area contributed by atoms with Gasteiger partial charge in [-0.1, -0.05) is 6.07 Å². The third-order valence-corrected chi connectivity index (χ3v) is 3.77. The van der Waals surface area contributed by atoms with Gasteiger partial charge in [0.05, 0.1) is 17.2 Å². The molecular weight excluding hydrogens is 319 g/mol. The number of thiophene rings is 1. The van der Waals surface area contributed by atoms with Crippen molar-refractivity contribution in [3.63, 3.8) is 0 Å². The van der Waals surface area contributed by atoms with Crippen molar-refractivity contribution in [2.45, 2.75) is 13.3 Å². The molecule has 0 aliphatic heterocycles. The summed E-state index contributed by atoms with van der Waals surface area (Å²) in [5, 5.41) is 7.13. The van der Waals surface area contributed by atoms with Crippen LogP contribution in [0, 0.1) is 5.82 Å². The summed E-state index contributed by atoms with van der Waals surface area (Å²) in [5.41, 5.74) is 0.405. The van der Waals surface area contributed by atoms with E-state index in [0.29, 0.717) is 17.2 Å². The number of halogens is 1. The molecule has 122 valence electrons. The van der Waals surface area contributed by atoms with E-state index < -0.39 is 5.82 Å². The fourth-order valence-corrected chi connectivity index (χ4v) is 2.51. The van der Waals surface area contributed by atoms with E-state index in [2.05, 4.69) is 10.6 Å². The summed E-state index contributed by atoms with van der Waals surface area (Å²) in [4.78, 5) is 24.2. The first-order valence-corrected chi connectivity index (χ1v) is 8.02. The molecule has 2 N–H and O–H groups in total. The Bertz CT molecular complexity index is 674. The Balaban J connectivity index is 1.84. The van der Waals surface area contributed by atoms with Gasteiger partial charge in [-0.2, -0.15) is 0 Å². The number of carbonyl (C=O) groups excluding carboxylic acids is 2. The minimum absolute atomic E-state index is 0.111. The Kier molecular flexibility index (Phi) is 6.10. The van der Waals surface area contributed by atoms with Crippen molar-refractivity contribution < 1.29 is 18.7 Å². The molecule has 0 unspecified atom stereocenters. The van der Waals surface area contributed by atoms with Crippen LogP contribution in [0.3, 0.4) is 0 Å². The maximum absolute atomic E-state index is 13.2. The van der Waals surface area contributed by atoms with Gasteiger partial charge in [0.25, 0.3) is 5.91 Å². The van der Waals surface area contributed by atoms with E-state index in [1.807, 2.05) is 5.38 Å². The molecule has 0 saturated carbocycles. The molecule has 1 heterocycles. The van der Waals surface area contributed by atoms with E-state index in [4.69, 9.17) is 4.74 Å². The number of rotatable bonds is 7. The summed E-state index contributed by atoms with van der Waals surface area (Å²) >= 11 is 1.34. The Morgan fingerprint density at radius 1 is 1.30 bits per heavy atom. The molecule has 23 heavy (non-hydrogen) atoms. The monoisotopic (exact) mass is 336 g/mol. The van der Waals surface area contributed by atoms with Crippen LogP contribution in [0.15, 0.2) is 35.7 Å². The summed E-state index contributed by atoms with van der Waals surface area (Å²) in [7, 11) is 0. The third kappa shape index (κ3) is 5.07. The molecule has 2 aromatic rings. The van der Waals surface area contributed by atoms with E-state index in [1.165, 1.54) is 29.5 Å². The molecular formula is C16H17FN2O3S. The highest BCUT2D eigenvalue weighted by molar-refractivity contribution is 7.12. The van der Waals surface area contributed by atoms with Gasteiger partial charge in [0.1, 0.15) is 11.6 Å². The molecule has 0 bridgehead atoms. The van der Waals surface area contributed by atoms with Gasteiger partial charge in [0.2, 0.25) is 5.91 Å². The smallest absolute Gasteiger partial charge is 0.261 e. The highest BCUT2D eigenvalue weighted by atomic mass is 32.1. The van der Waals surface area contributed by atoms with Crippen molar-refractivity contribution in [3.05, 3.63) is 46.4 Å². The zero-order valence-corrected chi connectivity index (χ0v) is 13.4. The number of hydrogen-bond donors (Lipinski definition) is 2. The molecule has 5 nitrogen and oxygen atoms in total. The van der Waals surface area contributed by atoms with Gasteiger partial charge in [0, 0.05) is 19.0 Å². The van der Waals surface area contributed by atoms with Crippen LogP contribution in [0.4, 0.5) is 10.1 Å². The molecule has 1 aromatic heterocycles. The molecule has 7 heteroatoms. The predicted octanol–water partition coefficient (Wildman–Crippen LogP) is 3.04. The zero-order valence-electron chi connectivity index (χ0n) is 12.6. The Labute approximate surface area is 137 Å².